The number of Topliss-reactive ketones (excluding diaryl/α,β-unsaturated/α-hetero) is 1. The number of H-pyrrole nitrogens is 1. The van der Waals surface area contributed by atoms with Gasteiger partial charge in [0.15, 0.2) is 5.78 Å². The molecule has 6 nitrogen and oxygen atoms in total. The van der Waals surface area contributed by atoms with Crippen molar-refractivity contribution in [3.63, 3.8) is 0 Å². The largest absolute Gasteiger partial charge is 0.342 e. The van der Waals surface area contributed by atoms with E-state index in [-0.39, 0.29) is 23.5 Å². The molecule has 0 radical (unpaired) electrons. The number of fused-ring (bicyclic) bond motifs is 4. The molecule has 3 aliphatic rings. The number of hydrogen-bond acceptors (Lipinski definition) is 4. The molecule has 2 aromatic heterocycles. The molecule has 1 fully saturated rings. The number of nitrogens with zero attached hydrogens (tertiary/aromatic N) is 2. The summed E-state index contributed by atoms with van der Waals surface area (Å²) < 4.78 is 0. The Kier molecular flexibility index (Phi) is 4.10. The Morgan fingerprint density at radius 1 is 1.00 bits per heavy atom. The first-order valence-electron chi connectivity index (χ1n) is 12.0. The van der Waals surface area contributed by atoms with Gasteiger partial charge in [-0.2, -0.15) is 0 Å². The molecule has 0 saturated heterocycles. The highest BCUT2D eigenvalue weighted by atomic mass is 16.2. The minimum Gasteiger partial charge on any atom is -0.342 e. The molecule has 6 heteroatoms. The standard InChI is InChI=1S/C28H24N4O2/c33-24(16-5-2-1-3-6-16)17-8-9-18(11-17)25-30-22-12-19-14-28(15-20(19)13-23(22)31-25)21-7-4-10-29-26(21)32-27(28)34/h1-7,10,12-13,17-18H,8-9,11,14-15H2,(H,30,31)(H,29,32,34). The third-order valence-corrected chi connectivity index (χ3v) is 8.04. The van der Waals surface area contributed by atoms with Crippen LogP contribution in [0.5, 0.6) is 0 Å². The van der Waals surface area contributed by atoms with Crippen molar-refractivity contribution in [2.75, 3.05) is 5.32 Å². The van der Waals surface area contributed by atoms with E-state index in [2.05, 4.69) is 27.4 Å². The van der Waals surface area contributed by atoms with Crippen LogP contribution in [0.15, 0.2) is 60.8 Å². The van der Waals surface area contributed by atoms with Crippen LogP contribution in [0, 0.1) is 5.92 Å². The van der Waals surface area contributed by atoms with Crippen LogP contribution in [0.1, 0.15) is 58.1 Å². The minimum absolute atomic E-state index is 0.0368. The van der Waals surface area contributed by atoms with Gasteiger partial charge in [-0.05, 0) is 61.4 Å². The number of hydrogen-bond donors (Lipinski definition) is 2. The second-order valence-corrected chi connectivity index (χ2v) is 9.99. The normalized spacial score (nSPS) is 22.2. The predicted molar refractivity (Wildman–Crippen MR) is 129 cm³/mol. The number of rotatable bonds is 3. The number of carbonyl (C=O) groups excluding carboxylic acids is 2. The van der Waals surface area contributed by atoms with Crippen molar-refractivity contribution in [1.29, 1.82) is 0 Å². The molecule has 2 N–H and O–H groups in total. The molecule has 1 aliphatic heterocycles. The second-order valence-electron chi connectivity index (χ2n) is 9.99. The number of benzene rings is 2. The Morgan fingerprint density at radius 2 is 1.82 bits per heavy atom. The highest BCUT2D eigenvalue weighted by molar-refractivity contribution is 6.06. The third-order valence-electron chi connectivity index (χ3n) is 8.04. The van der Waals surface area contributed by atoms with Crippen molar-refractivity contribution in [1.82, 2.24) is 15.0 Å². The molecule has 3 heterocycles. The van der Waals surface area contributed by atoms with Crippen molar-refractivity contribution in [2.45, 2.75) is 43.4 Å². The lowest BCUT2D eigenvalue weighted by Gasteiger charge is -2.20. The van der Waals surface area contributed by atoms with E-state index in [1.807, 2.05) is 42.5 Å². The van der Waals surface area contributed by atoms with E-state index in [4.69, 9.17) is 4.98 Å². The number of nitrogens with one attached hydrogen (secondary N) is 2. The quantitative estimate of drug-likeness (QED) is 0.444. The van der Waals surface area contributed by atoms with E-state index in [0.717, 1.165) is 47.2 Å². The van der Waals surface area contributed by atoms with Gasteiger partial charge < -0.3 is 10.3 Å². The molecule has 2 aromatic carbocycles. The van der Waals surface area contributed by atoms with Gasteiger partial charge in [-0.15, -0.1) is 0 Å². The van der Waals surface area contributed by atoms with Gasteiger partial charge in [0, 0.05) is 29.2 Å². The SMILES string of the molecule is O=C(c1ccccc1)C1CCC(c2nc3cc4c(cc3[nH]2)CC2(C4)C(=O)Nc3ncccc32)C1. The number of amides is 1. The highest BCUT2D eigenvalue weighted by Gasteiger charge is 2.51. The number of carbonyl (C=O) groups is 2. The van der Waals surface area contributed by atoms with E-state index in [0.29, 0.717) is 18.7 Å². The second kappa shape index (κ2) is 7.10. The molecular formula is C28H24N4O2. The molecule has 7 rings (SSSR count). The first-order chi connectivity index (χ1) is 16.6. The summed E-state index contributed by atoms with van der Waals surface area (Å²) >= 11 is 0. The number of ketones is 1. The number of aromatic amines is 1. The minimum atomic E-state index is -0.565. The maximum atomic E-state index is 13.0. The van der Waals surface area contributed by atoms with Gasteiger partial charge in [0.2, 0.25) is 5.91 Å². The summed E-state index contributed by atoms with van der Waals surface area (Å²) in [6.45, 7) is 0. The van der Waals surface area contributed by atoms with E-state index in [1.165, 1.54) is 11.1 Å². The van der Waals surface area contributed by atoms with E-state index in [1.54, 1.807) is 6.20 Å². The molecule has 2 aliphatic carbocycles. The van der Waals surface area contributed by atoms with Gasteiger partial charge in [-0.25, -0.2) is 9.97 Å². The van der Waals surface area contributed by atoms with Crippen LogP contribution in [0.4, 0.5) is 5.82 Å². The lowest BCUT2D eigenvalue weighted by Crippen LogP contribution is -2.35. The maximum absolute atomic E-state index is 13.0. The van der Waals surface area contributed by atoms with Crippen molar-refractivity contribution >= 4 is 28.5 Å². The average molecular weight is 449 g/mol. The highest BCUT2D eigenvalue weighted by Crippen LogP contribution is 2.47. The summed E-state index contributed by atoms with van der Waals surface area (Å²) in [7, 11) is 0. The van der Waals surface area contributed by atoms with Crippen LogP contribution >= 0.6 is 0 Å². The lowest BCUT2D eigenvalue weighted by molar-refractivity contribution is -0.120. The van der Waals surface area contributed by atoms with Crippen LogP contribution in [0.3, 0.4) is 0 Å². The van der Waals surface area contributed by atoms with E-state index in [9.17, 15) is 9.59 Å². The van der Waals surface area contributed by atoms with Crippen molar-refractivity contribution < 1.29 is 9.59 Å². The van der Waals surface area contributed by atoms with Gasteiger partial charge in [0.1, 0.15) is 11.6 Å². The summed E-state index contributed by atoms with van der Waals surface area (Å²) in [6, 6.07) is 17.8. The zero-order valence-corrected chi connectivity index (χ0v) is 18.7. The van der Waals surface area contributed by atoms with Gasteiger partial charge in [-0.1, -0.05) is 36.4 Å². The van der Waals surface area contributed by atoms with Gasteiger partial charge in [-0.3, -0.25) is 9.59 Å². The summed E-state index contributed by atoms with van der Waals surface area (Å²) in [5.74, 6) is 2.27. The fourth-order valence-electron chi connectivity index (χ4n) is 6.30. The Morgan fingerprint density at radius 3 is 2.68 bits per heavy atom. The molecule has 1 saturated carbocycles. The molecule has 0 bridgehead atoms. The summed E-state index contributed by atoms with van der Waals surface area (Å²) in [5.41, 5.74) is 5.55. The van der Waals surface area contributed by atoms with Crippen molar-refractivity contribution in [2.24, 2.45) is 5.92 Å². The van der Waals surface area contributed by atoms with E-state index < -0.39 is 5.41 Å². The molecular weight excluding hydrogens is 424 g/mol. The van der Waals surface area contributed by atoms with Crippen molar-refractivity contribution in [3.05, 3.63) is 88.9 Å². The molecule has 3 atom stereocenters. The molecule has 1 amide bonds. The number of imidazole rings is 1. The fraction of sp³-hybridized carbons (Fsp3) is 0.286. The smallest absolute Gasteiger partial charge is 0.237 e. The van der Waals surface area contributed by atoms with Gasteiger partial charge >= 0.3 is 0 Å². The van der Waals surface area contributed by atoms with Crippen LogP contribution in [-0.4, -0.2) is 26.6 Å². The number of pyridine rings is 1. The third kappa shape index (κ3) is 2.81. The van der Waals surface area contributed by atoms with Crippen molar-refractivity contribution in [3.8, 4) is 0 Å². The van der Waals surface area contributed by atoms with Crippen LogP contribution < -0.4 is 5.32 Å². The number of anilines is 1. The Balaban J connectivity index is 1.15. The van der Waals surface area contributed by atoms with Crippen LogP contribution in [-0.2, 0) is 23.1 Å². The average Bonchev–Trinajstić information content (AvgIpc) is 3.63. The zero-order chi connectivity index (χ0) is 22.9. The van der Waals surface area contributed by atoms with Crippen LogP contribution in [0.2, 0.25) is 0 Å². The van der Waals surface area contributed by atoms with E-state index >= 15 is 0 Å². The lowest BCUT2D eigenvalue weighted by atomic mass is 9.79. The molecule has 34 heavy (non-hydrogen) atoms. The first-order valence-corrected chi connectivity index (χ1v) is 12.0. The molecule has 4 aromatic rings. The first kappa shape index (κ1) is 19.6. The maximum Gasteiger partial charge on any atom is 0.237 e. The monoisotopic (exact) mass is 448 g/mol. The Hall–Kier alpha value is -3.80. The summed E-state index contributed by atoms with van der Waals surface area (Å²) in [4.78, 5) is 38.7. The van der Waals surface area contributed by atoms with Crippen LogP contribution in [0.25, 0.3) is 11.0 Å². The summed E-state index contributed by atoms with van der Waals surface area (Å²) in [5, 5.41) is 2.97. The molecule has 1 spiro atoms. The molecule has 3 unspecified atom stereocenters. The molecule has 168 valence electrons. The Labute approximate surface area is 196 Å². The van der Waals surface area contributed by atoms with Gasteiger partial charge in [0.25, 0.3) is 0 Å². The summed E-state index contributed by atoms with van der Waals surface area (Å²) in [6.07, 6.45) is 5.76. The zero-order valence-electron chi connectivity index (χ0n) is 18.7. The predicted octanol–water partition coefficient (Wildman–Crippen LogP) is 4.71. The fourth-order valence-corrected chi connectivity index (χ4v) is 6.30. The van der Waals surface area contributed by atoms with Gasteiger partial charge in [0.05, 0.1) is 16.4 Å². The number of aromatic nitrogens is 3. The topological polar surface area (TPSA) is 87.7 Å². The Bertz CT molecular complexity index is 1430.